The Hall–Kier alpha value is -2.61. The van der Waals surface area contributed by atoms with Crippen molar-refractivity contribution in [2.24, 2.45) is 0 Å². The summed E-state index contributed by atoms with van der Waals surface area (Å²) in [6.07, 6.45) is 0. The molecule has 0 aliphatic rings. The van der Waals surface area contributed by atoms with Gasteiger partial charge in [0.15, 0.2) is 0 Å². The average Bonchev–Trinajstić information content (AvgIpc) is 2.96. The Morgan fingerprint density at radius 3 is 2.32 bits per heavy atom. The molecule has 0 radical (unpaired) electrons. The Labute approximate surface area is 130 Å². The normalized spacial score (nSPS) is 11.6. The molecule has 0 aliphatic carbocycles. The summed E-state index contributed by atoms with van der Waals surface area (Å²) in [6.45, 7) is 4.39. The Bertz CT molecular complexity index is 949. The molecule has 0 atom stereocenters. The third-order valence-electron chi connectivity index (χ3n) is 4.10. The van der Waals surface area contributed by atoms with Gasteiger partial charge in [0.05, 0.1) is 11.0 Å². The second-order valence-corrected chi connectivity index (χ2v) is 5.95. The highest BCUT2D eigenvalue weighted by atomic mass is 15.1. The van der Waals surface area contributed by atoms with Crippen molar-refractivity contribution >= 4 is 21.8 Å². The number of hydrogen-bond acceptors (Lipinski definition) is 1. The molecule has 0 N–H and O–H groups in total. The summed E-state index contributed by atoms with van der Waals surface area (Å²) >= 11 is 0. The van der Waals surface area contributed by atoms with E-state index in [1.807, 2.05) is 0 Å². The molecule has 1 heterocycles. The Morgan fingerprint density at radius 1 is 0.818 bits per heavy atom. The topological polar surface area (TPSA) is 17.8 Å². The van der Waals surface area contributed by atoms with Crippen molar-refractivity contribution in [2.45, 2.75) is 19.8 Å². The zero-order valence-electron chi connectivity index (χ0n) is 12.8. The maximum atomic E-state index is 4.90. The van der Waals surface area contributed by atoms with Gasteiger partial charge in [-0.05, 0) is 23.6 Å². The van der Waals surface area contributed by atoms with Crippen molar-refractivity contribution in [2.75, 3.05) is 0 Å². The second-order valence-electron chi connectivity index (χ2n) is 5.95. The van der Waals surface area contributed by atoms with E-state index in [-0.39, 0.29) is 0 Å². The van der Waals surface area contributed by atoms with Crippen LogP contribution in [0.4, 0.5) is 0 Å². The fourth-order valence-corrected chi connectivity index (χ4v) is 3.08. The number of imidazole rings is 1. The van der Waals surface area contributed by atoms with E-state index in [0.717, 1.165) is 11.3 Å². The van der Waals surface area contributed by atoms with Crippen LogP contribution in [0.5, 0.6) is 0 Å². The summed E-state index contributed by atoms with van der Waals surface area (Å²) in [5.41, 5.74) is 3.43. The summed E-state index contributed by atoms with van der Waals surface area (Å²) < 4.78 is 2.31. The molecule has 0 amide bonds. The maximum Gasteiger partial charge on any atom is 0.117 e. The fourth-order valence-electron chi connectivity index (χ4n) is 3.08. The molecule has 0 fully saturated rings. The molecule has 0 saturated carbocycles. The van der Waals surface area contributed by atoms with Crippen LogP contribution in [0.25, 0.3) is 27.5 Å². The lowest BCUT2D eigenvalue weighted by Gasteiger charge is -2.12. The van der Waals surface area contributed by atoms with Gasteiger partial charge >= 0.3 is 0 Å². The minimum absolute atomic E-state index is 0.367. The number of fused-ring (bicyclic) bond motifs is 3. The van der Waals surface area contributed by atoms with Crippen molar-refractivity contribution < 1.29 is 0 Å². The van der Waals surface area contributed by atoms with Gasteiger partial charge in [-0.3, -0.25) is 4.57 Å². The van der Waals surface area contributed by atoms with Crippen molar-refractivity contribution in [1.82, 2.24) is 9.55 Å². The monoisotopic (exact) mass is 286 g/mol. The zero-order chi connectivity index (χ0) is 15.1. The van der Waals surface area contributed by atoms with E-state index in [1.165, 1.54) is 22.0 Å². The molecular weight excluding hydrogens is 268 g/mol. The lowest BCUT2D eigenvalue weighted by Crippen LogP contribution is -2.03. The molecule has 4 rings (SSSR count). The van der Waals surface area contributed by atoms with Crippen LogP contribution >= 0.6 is 0 Å². The lowest BCUT2D eigenvalue weighted by molar-refractivity contribution is 0.760. The molecule has 0 spiro atoms. The largest absolute Gasteiger partial charge is 0.295 e. The number of rotatable bonds is 2. The number of benzene rings is 3. The molecule has 1 aromatic heterocycles. The Kier molecular flexibility index (Phi) is 2.97. The van der Waals surface area contributed by atoms with Crippen molar-refractivity contribution in [1.29, 1.82) is 0 Å². The average molecular weight is 286 g/mol. The summed E-state index contributed by atoms with van der Waals surface area (Å²) in [4.78, 5) is 4.90. The summed E-state index contributed by atoms with van der Waals surface area (Å²) in [5, 5.41) is 2.51. The summed E-state index contributed by atoms with van der Waals surface area (Å²) in [6, 6.07) is 23.3. The van der Waals surface area contributed by atoms with Gasteiger partial charge in [-0.2, -0.15) is 0 Å². The van der Waals surface area contributed by atoms with Crippen LogP contribution in [0.3, 0.4) is 0 Å². The first kappa shape index (κ1) is 13.1. The van der Waals surface area contributed by atoms with E-state index >= 15 is 0 Å². The van der Waals surface area contributed by atoms with Crippen molar-refractivity contribution in [3.63, 3.8) is 0 Å². The van der Waals surface area contributed by atoms with Gasteiger partial charge in [-0.15, -0.1) is 0 Å². The van der Waals surface area contributed by atoms with Gasteiger partial charge in [0.25, 0.3) is 0 Å². The highest BCUT2D eigenvalue weighted by Gasteiger charge is 2.16. The highest BCUT2D eigenvalue weighted by Crippen LogP contribution is 2.31. The summed E-state index contributed by atoms with van der Waals surface area (Å²) in [5.74, 6) is 1.48. The molecule has 0 saturated heterocycles. The molecule has 2 nitrogen and oxygen atoms in total. The van der Waals surface area contributed by atoms with Crippen LogP contribution in [0, 0.1) is 0 Å². The van der Waals surface area contributed by atoms with E-state index in [0.29, 0.717) is 5.92 Å². The maximum absolute atomic E-state index is 4.90. The van der Waals surface area contributed by atoms with E-state index in [9.17, 15) is 0 Å². The van der Waals surface area contributed by atoms with Crippen molar-refractivity contribution in [3.05, 3.63) is 72.6 Å². The molecule has 0 bridgehead atoms. The first-order valence-corrected chi connectivity index (χ1v) is 7.71. The molecule has 22 heavy (non-hydrogen) atoms. The highest BCUT2D eigenvalue weighted by molar-refractivity contribution is 6.05. The van der Waals surface area contributed by atoms with Gasteiger partial charge in [0.1, 0.15) is 5.82 Å². The van der Waals surface area contributed by atoms with Crippen LogP contribution in [0.1, 0.15) is 25.6 Å². The third kappa shape index (κ3) is 1.92. The van der Waals surface area contributed by atoms with Crippen LogP contribution in [0.2, 0.25) is 0 Å². The molecule has 2 heteroatoms. The fraction of sp³-hybridized carbons (Fsp3) is 0.150. The molecule has 0 unspecified atom stereocenters. The van der Waals surface area contributed by atoms with Crippen LogP contribution in [-0.4, -0.2) is 9.55 Å². The predicted molar refractivity (Wildman–Crippen MR) is 92.7 cm³/mol. The van der Waals surface area contributed by atoms with Crippen LogP contribution in [0.15, 0.2) is 66.7 Å². The lowest BCUT2D eigenvalue weighted by atomic mass is 10.1. The third-order valence-corrected chi connectivity index (χ3v) is 4.10. The van der Waals surface area contributed by atoms with Crippen LogP contribution in [-0.2, 0) is 0 Å². The number of aromatic nitrogens is 2. The Balaban J connectivity index is 2.19. The van der Waals surface area contributed by atoms with E-state index in [2.05, 4.69) is 85.1 Å². The van der Waals surface area contributed by atoms with Gasteiger partial charge < -0.3 is 0 Å². The minimum Gasteiger partial charge on any atom is -0.295 e. The van der Waals surface area contributed by atoms with Gasteiger partial charge in [-0.1, -0.05) is 62.4 Å². The number of para-hydroxylation sites is 1. The zero-order valence-corrected chi connectivity index (χ0v) is 12.8. The quantitative estimate of drug-likeness (QED) is 0.489. The molecule has 3 aromatic carbocycles. The van der Waals surface area contributed by atoms with E-state index < -0.39 is 0 Å². The SMILES string of the molecule is CC(C)c1nc2ccc3ccccc3c2n1-c1ccccc1. The number of hydrogen-bond donors (Lipinski definition) is 0. The number of nitrogens with zero attached hydrogens (tertiary/aromatic N) is 2. The molecule has 4 aromatic rings. The van der Waals surface area contributed by atoms with E-state index in [4.69, 9.17) is 4.98 Å². The van der Waals surface area contributed by atoms with Crippen molar-refractivity contribution in [3.8, 4) is 5.69 Å². The Morgan fingerprint density at radius 2 is 1.55 bits per heavy atom. The first-order chi connectivity index (χ1) is 10.8. The predicted octanol–water partition coefficient (Wildman–Crippen LogP) is 5.30. The van der Waals surface area contributed by atoms with E-state index in [1.54, 1.807) is 0 Å². The second kappa shape index (κ2) is 4.99. The minimum atomic E-state index is 0.367. The van der Waals surface area contributed by atoms with Gasteiger partial charge in [0, 0.05) is 17.0 Å². The molecule has 108 valence electrons. The smallest absolute Gasteiger partial charge is 0.117 e. The molecular formula is C20H18N2. The van der Waals surface area contributed by atoms with Gasteiger partial charge in [0.2, 0.25) is 0 Å². The first-order valence-electron chi connectivity index (χ1n) is 7.71. The van der Waals surface area contributed by atoms with Gasteiger partial charge in [-0.25, -0.2) is 4.98 Å². The molecule has 0 aliphatic heterocycles. The van der Waals surface area contributed by atoms with Crippen LogP contribution < -0.4 is 0 Å². The summed E-state index contributed by atoms with van der Waals surface area (Å²) in [7, 11) is 0. The standard InChI is InChI=1S/C20H18N2/c1-14(2)20-21-18-13-12-15-8-6-7-11-17(15)19(18)22(20)16-9-4-3-5-10-16/h3-14H,1-2H3.